The quantitative estimate of drug-likeness (QED) is 0.340. The fourth-order valence-electron chi connectivity index (χ4n) is 3.68. The van der Waals surface area contributed by atoms with Crippen LogP contribution in [0, 0.1) is 12.7 Å². The molecule has 4 rings (SSSR count). The van der Waals surface area contributed by atoms with Gasteiger partial charge in [-0.25, -0.2) is 14.1 Å². The number of halogens is 2. The number of urea groups is 1. The third-order valence-corrected chi connectivity index (χ3v) is 5.58. The van der Waals surface area contributed by atoms with Gasteiger partial charge in [0.15, 0.2) is 11.5 Å². The first kappa shape index (κ1) is 24.9. The number of amides is 4. The Bertz CT molecular complexity index is 1370. The molecule has 0 spiro atoms. The number of benzene rings is 3. The Hall–Kier alpha value is -4.17. The van der Waals surface area contributed by atoms with E-state index in [1.807, 2.05) is 31.2 Å². The highest BCUT2D eigenvalue weighted by Crippen LogP contribution is 2.38. The molecule has 1 heterocycles. The van der Waals surface area contributed by atoms with Crippen molar-refractivity contribution in [3.8, 4) is 11.5 Å². The summed E-state index contributed by atoms with van der Waals surface area (Å²) in [4.78, 5) is 38.7. The first-order valence-electron chi connectivity index (χ1n) is 11.1. The SMILES string of the molecule is CCOc1cc(/C=C2\C(=O)NC(=O)N(c3ccc(F)cc3)C2=O)cc(Cl)c1OCc1cccc(C)c1. The zero-order valence-corrected chi connectivity index (χ0v) is 20.3. The predicted octanol–water partition coefficient (Wildman–Crippen LogP) is 5.43. The first-order chi connectivity index (χ1) is 17.3. The number of anilines is 1. The highest BCUT2D eigenvalue weighted by atomic mass is 35.5. The van der Waals surface area contributed by atoms with Gasteiger partial charge in [0.1, 0.15) is 18.0 Å². The summed E-state index contributed by atoms with van der Waals surface area (Å²) < 4.78 is 25.0. The highest BCUT2D eigenvalue weighted by molar-refractivity contribution is 6.39. The number of nitrogens with one attached hydrogen (secondary N) is 1. The summed E-state index contributed by atoms with van der Waals surface area (Å²) in [6.07, 6.45) is 1.30. The molecule has 1 aliphatic rings. The van der Waals surface area contributed by atoms with Gasteiger partial charge < -0.3 is 9.47 Å². The molecule has 0 atom stereocenters. The smallest absolute Gasteiger partial charge is 0.335 e. The number of aryl methyl sites for hydroxylation is 1. The van der Waals surface area contributed by atoms with Gasteiger partial charge in [-0.2, -0.15) is 0 Å². The van der Waals surface area contributed by atoms with E-state index in [0.29, 0.717) is 23.7 Å². The van der Waals surface area contributed by atoms with Gasteiger partial charge in [0, 0.05) is 0 Å². The predicted molar refractivity (Wildman–Crippen MR) is 134 cm³/mol. The first-order valence-corrected chi connectivity index (χ1v) is 11.5. The van der Waals surface area contributed by atoms with Crippen molar-refractivity contribution in [1.82, 2.24) is 5.32 Å². The van der Waals surface area contributed by atoms with Crippen LogP contribution in [0.15, 0.2) is 66.2 Å². The van der Waals surface area contributed by atoms with Crippen LogP contribution in [0.25, 0.3) is 6.08 Å². The van der Waals surface area contributed by atoms with Crippen molar-refractivity contribution in [2.75, 3.05) is 11.5 Å². The summed E-state index contributed by atoms with van der Waals surface area (Å²) in [6, 6.07) is 14.8. The molecule has 1 N–H and O–H groups in total. The second kappa shape index (κ2) is 10.6. The van der Waals surface area contributed by atoms with Gasteiger partial charge in [0.25, 0.3) is 11.8 Å². The Labute approximate surface area is 212 Å². The maximum atomic E-state index is 13.3. The van der Waals surface area contributed by atoms with Crippen molar-refractivity contribution in [2.45, 2.75) is 20.5 Å². The second-order valence-corrected chi connectivity index (χ2v) is 8.38. The van der Waals surface area contributed by atoms with Crippen molar-refractivity contribution in [2.24, 2.45) is 0 Å². The normalized spacial score (nSPS) is 14.7. The Morgan fingerprint density at radius 1 is 1.03 bits per heavy atom. The minimum Gasteiger partial charge on any atom is -0.490 e. The molecular weight excluding hydrogens is 487 g/mol. The van der Waals surface area contributed by atoms with Gasteiger partial charge in [-0.05, 0) is 67.4 Å². The number of nitrogens with zero attached hydrogens (tertiary/aromatic N) is 1. The summed E-state index contributed by atoms with van der Waals surface area (Å²) in [5.41, 5.74) is 2.25. The van der Waals surface area contributed by atoms with Crippen molar-refractivity contribution >= 4 is 41.2 Å². The average molecular weight is 509 g/mol. The number of carbonyl (C=O) groups is 3. The molecule has 3 aromatic rings. The van der Waals surface area contributed by atoms with E-state index in [0.717, 1.165) is 28.2 Å². The topological polar surface area (TPSA) is 84.9 Å². The maximum Gasteiger partial charge on any atom is 0.335 e. The number of rotatable bonds is 7. The van der Waals surface area contributed by atoms with E-state index >= 15 is 0 Å². The molecule has 0 unspecified atom stereocenters. The zero-order chi connectivity index (χ0) is 25.8. The van der Waals surface area contributed by atoms with Crippen LogP contribution in [-0.2, 0) is 16.2 Å². The van der Waals surface area contributed by atoms with Crippen LogP contribution in [0.2, 0.25) is 5.02 Å². The summed E-state index contributed by atoms with van der Waals surface area (Å²) in [5.74, 6) is -1.59. The Morgan fingerprint density at radius 2 is 1.78 bits per heavy atom. The number of imide groups is 2. The number of hydrogen-bond donors (Lipinski definition) is 1. The van der Waals surface area contributed by atoms with Crippen molar-refractivity contribution < 1.29 is 28.2 Å². The lowest BCUT2D eigenvalue weighted by molar-refractivity contribution is -0.122. The summed E-state index contributed by atoms with van der Waals surface area (Å²) in [6.45, 7) is 4.37. The molecule has 0 bridgehead atoms. The second-order valence-electron chi connectivity index (χ2n) is 7.97. The lowest BCUT2D eigenvalue weighted by Crippen LogP contribution is -2.54. The largest absolute Gasteiger partial charge is 0.490 e. The molecule has 9 heteroatoms. The zero-order valence-electron chi connectivity index (χ0n) is 19.5. The van der Waals surface area contributed by atoms with Gasteiger partial charge >= 0.3 is 6.03 Å². The van der Waals surface area contributed by atoms with Gasteiger partial charge in [-0.15, -0.1) is 0 Å². The minimum absolute atomic E-state index is 0.116. The van der Waals surface area contributed by atoms with Crippen molar-refractivity contribution in [3.63, 3.8) is 0 Å². The number of ether oxygens (including phenoxy) is 2. The third kappa shape index (κ3) is 5.39. The lowest BCUT2D eigenvalue weighted by Gasteiger charge is -2.26. The highest BCUT2D eigenvalue weighted by Gasteiger charge is 2.36. The Kier molecular flexibility index (Phi) is 7.36. The summed E-state index contributed by atoms with van der Waals surface area (Å²) >= 11 is 6.50. The molecule has 3 aromatic carbocycles. The number of barbiturate groups is 1. The van der Waals surface area contributed by atoms with Crippen LogP contribution in [0.4, 0.5) is 14.9 Å². The molecule has 36 heavy (non-hydrogen) atoms. The van der Waals surface area contributed by atoms with E-state index in [9.17, 15) is 18.8 Å². The molecule has 1 aliphatic heterocycles. The van der Waals surface area contributed by atoms with E-state index in [-0.39, 0.29) is 22.9 Å². The maximum absolute atomic E-state index is 13.3. The standard InChI is InChI=1S/C27H22ClFN2O5/c1-3-35-23-14-18(13-22(28)24(23)36-15-17-6-4-5-16(2)11-17)12-21-25(32)30-27(34)31(26(21)33)20-9-7-19(29)8-10-20/h4-14H,3,15H2,1-2H3,(H,30,32,34)/b21-12+. The van der Waals surface area contributed by atoms with Gasteiger partial charge in [-0.3, -0.25) is 14.9 Å². The molecular formula is C27H22ClFN2O5. The summed E-state index contributed by atoms with van der Waals surface area (Å²) in [5, 5.41) is 2.35. The molecule has 0 aromatic heterocycles. The van der Waals surface area contributed by atoms with E-state index in [4.69, 9.17) is 21.1 Å². The van der Waals surface area contributed by atoms with Gasteiger partial charge in [-0.1, -0.05) is 41.4 Å². The Morgan fingerprint density at radius 3 is 2.47 bits per heavy atom. The molecule has 184 valence electrons. The molecule has 1 fully saturated rings. The van der Waals surface area contributed by atoms with Crippen LogP contribution in [-0.4, -0.2) is 24.5 Å². The average Bonchev–Trinajstić information content (AvgIpc) is 2.82. The molecule has 7 nitrogen and oxygen atoms in total. The fraction of sp³-hybridized carbons (Fsp3) is 0.148. The minimum atomic E-state index is -0.929. The van der Waals surface area contributed by atoms with E-state index in [2.05, 4.69) is 5.32 Å². The third-order valence-electron chi connectivity index (χ3n) is 5.29. The van der Waals surface area contributed by atoms with Gasteiger partial charge in [0.2, 0.25) is 0 Å². The van der Waals surface area contributed by atoms with Crippen molar-refractivity contribution in [3.05, 3.63) is 93.8 Å². The molecule has 4 amide bonds. The molecule has 0 aliphatic carbocycles. The van der Waals surface area contributed by atoms with Crippen LogP contribution >= 0.6 is 11.6 Å². The van der Waals surface area contributed by atoms with E-state index in [1.165, 1.54) is 24.3 Å². The number of carbonyl (C=O) groups excluding carboxylic acids is 3. The van der Waals surface area contributed by atoms with Crippen LogP contribution in [0.5, 0.6) is 11.5 Å². The van der Waals surface area contributed by atoms with Crippen LogP contribution < -0.4 is 19.7 Å². The van der Waals surface area contributed by atoms with Gasteiger partial charge in [0.05, 0.1) is 17.3 Å². The van der Waals surface area contributed by atoms with Crippen molar-refractivity contribution in [1.29, 1.82) is 0 Å². The van der Waals surface area contributed by atoms with E-state index < -0.39 is 23.7 Å². The summed E-state index contributed by atoms with van der Waals surface area (Å²) in [7, 11) is 0. The lowest BCUT2D eigenvalue weighted by atomic mass is 10.1. The van der Waals surface area contributed by atoms with Crippen LogP contribution in [0.3, 0.4) is 0 Å². The molecule has 0 saturated carbocycles. The monoisotopic (exact) mass is 508 g/mol. The molecule has 0 radical (unpaired) electrons. The number of hydrogen-bond acceptors (Lipinski definition) is 5. The fourth-order valence-corrected chi connectivity index (χ4v) is 3.95. The van der Waals surface area contributed by atoms with E-state index in [1.54, 1.807) is 13.0 Å². The Balaban J connectivity index is 1.65. The molecule has 1 saturated heterocycles. The van der Waals surface area contributed by atoms with Crippen LogP contribution in [0.1, 0.15) is 23.6 Å².